The van der Waals surface area contributed by atoms with Crippen molar-refractivity contribution in [3.63, 3.8) is 0 Å². The molecule has 0 aromatic heterocycles. The van der Waals surface area contributed by atoms with Gasteiger partial charge in [0, 0.05) is 17.5 Å². The first-order chi connectivity index (χ1) is 17.8. The fraction of sp³-hybridized carbons (Fsp3) is 0.360. The van der Waals surface area contributed by atoms with Crippen molar-refractivity contribution in [2.45, 2.75) is 37.3 Å². The van der Waals surface area contributed by atoms with Crippen LogP contribution >= 0.6 is 0 Å². The van der Waals surface area contributed by atoms with Crippen LogP contribution in [0.25, 0.3) is 11.1 Å². The van der Waals surface area contributed by atoms with E-state index >= 15 is 0 Å². The van der Waals surface area contributed by atoms with Crippen molar-refractivity contribution in [2.75, 3.05) is 18.1 Å². The maximum absolute atomic E-state index is 13.9. The molecule has 0 spiro atoms. The van der Waals surface area contributed by atoms with Crippen molar-refractivity contribution < 1.29 is 54.1 Å². The lowest BCUT2D eigenvalue weighted by atomic mass is 9.89. The first-order valence-electron chi connectivity index (χ1n) is 11.2. The molecule has 38 heavy (non-hydrogen) atoms. The zero-order valence-electron chi connectivity index (χ0n) is 19.2. The lowest BCUT2D eigenvalue weighted by molar-refractivity contribution is -0.280. The summed E-state index contributed by atoms with van der Waals surface area (Å²) in [7, 11) is 0. The Balaban J connectivity index is 1.74. The van der Waals surface area contributed by atoms with E-state index in [1.54, 1.807) is 0 Å². The van der Waals surface area contributed by atoms with Gasteiger partial charge in [-0.25, -0.2) is 8.78 Å². The topological polar surface area (TPSA) is 41.9 Å². The summed E-state index contributed by atoms with van der Waals surface area (Å²) in [5.74, 6) is -3.28. The maximum Gasteiger partial charge on any atom is 0.461 e. The van der Waals surface area contributed by atoms with Crippen molar-refractivity contribution in [3.8, 4) is 16.9 Å². The normalized spacial score (nSPS) is 20.6. The minimum absolute atomic E-state index is 0.0147. The number of benzene rings is 2. The van der Waals surface area contributed by atoms with Gasteiger partial charge in [-0.15, -0.1) is 0 Å². The first-order valence-corrected chi connectivity index (χ1v) is 11.2. The number of aliphatic hydroxyl groups excluding tert-OH is 1. The van der Waals surface area contributed by atoms with Gasteiger partial charge in [0.1, 0.15) is 24.0 Å². The summed E-state index contributed by atoms with van der Waals surface area (Å²) in [5, 5.41) is 9.86. The number of nitrogens with zero attached hydrogens (tertiary/aromatic N) is 1. The summed E-state index contributed by atoms with van der Waals surface area (Å²) in [6, 6.07) is 5.87. The average molecular weight is 553 g/mol. The summed E-state index contributed by atoms with van der Waals surface area (Å²) in [6.45, 7) is -1.33. The molecule has 1 unspecified atom stereocenters. The summed E-state index contributed by atoms with van der Waals surface area (Å²) < 4.78 is 130. The minimum atomic E-state index is -5.01. The number of anilines is 1. The highest BCUT2D eigenvalue weighted by atomic mass is 19.4. The second-order valence-electron chi connectivity index (χ2n) is 8.74. The molecule has 0 fully saturated rings. The van der Waals surface area contributed by atoms with Crippen molar-refractivity contribution in [3.05, 3.63) is 72.0 Å². The van der Waals surface area contributed by atoms with E-state index in [0.717, 1.165) is 29.2 Å². The third-order valence-electron chi connectivity index (χ3n) is 6.09. The van der Waals surface area contributed by atoms with Crippen molar-refractivity contribution in [2.24, 2.45) is 5.92 Å². The fourth-order valence-electron chi connectivity index (χ4n) is 4.37. The number of para-hydroxylation sites is 1. The quantitative estimate of drug-likeness (QED) is 0.400. The van der Waals surface area contributed by atoms with Gasteiger partial charge in [0.2, 0.25) is 0 Å². The van der Waals surface area contributed by atoms with Crippen LogP contribution in [-0.2, 0) is 4.74 Å². The molecule has 2 aromatic rings. The van der Waals surface area contributed by atoms with E-state index in [0.29, 0.717) is 6.07 Å². The second-order valence-corrected chi connectivity index (χ2v) is 8.74. The summed E-state index contributed by atoms with van der Waals surface area (Å²) in [5.41, 5.74) is 0.236. The minimum Gasteiger partial charge on any atom is -0.489 e. The Morgan fingerprint density at radius 2 is 1.74 bits per heavy atom. The van der Waals surface area contributed by atoms with Crippen molar-refractivity contribution in [1.82, 2.24) is 0 Å². The number of ether oxygens (including phenoxy) is 2. The molecule has 2 aromatic carbocycles. The molecule has 4 rings (SSSR count). The number of aliphatic hydroxyl groups is 1. The van der Waals surface area contributed by atoms with Crippen LogP contribution in [-0.4, -0.2) is 49.1 Å². The van der Waals surface area contributed by atoms with Crippen LogP contribution in [0.2, 0.25) is 0 Å². The molecular formula is C25H20F9NO3. The number of allylic oxidation sites excluding steroid dienone is 2. The molecule has 1 aliphatic heterocycles. The molecule has 1 heterocycles. The Morgan fingerprint density at radius 1 is 1.05 bits per heavy atom. The molecule has 0 radical (unpaired) electrons. The number of fused-ring (bicyclic) bond motifs is 1. The summed E-state index contributed by atoms with van der Waals surface area (Å²) >= 11 is 0. The van der Waals surface area contributed by atoms with E-state index in [9.17, 15) is 44.6 Å². The van der Waals surface area contributed by atoms with Gasteiger partial charge in [-0.05, 0) is 42.3 Å². The van der Waals surface area contributed by atoms with E-state index in [2.05, 4.69) is 4.74 Å². The van der Waals surface area contributed by atoms with Crippen LogP contribution in [0.1, 0.15) is 6.42 Å². The summed E-state index contributed by atoms with van der Waals surface area (Å²) in [4.78, 5) is 1.15. The Labute approximate surface area is 210 Å². The van der Waals surface area contributed by atoms with Crippen molar-refractivity contribution >= 4 is 5.69 Å². The predicted molar refractivity (Wildman–Crippen MR) is 118 cm³/mol. The Kier molecular flexibility index (Phi) is 7.60. The molecule has 4 nitrogen and oxygen atoms in total. The van der Waals surface area contributed by atoms with E-state index in [-0.39, 0.29) is 35.6 Å². The average Bonchev–Trinajstić information content (AvgIpc) is 2.82. The molecule has 0 amide bonds. The van der Waals surface area contributed by atoms with Gasteiger partial charge in [0.25, 0.3) is 0 Å². The van der Waals surface area contributed by atoms with Crippen LogP contribution in [0, 0.1) is 17.6 Å². The van der Waals surface area contributed by atoms with Gasteiger partial charge in [-0.2, -0.15) is 30.7 Å². The van der Waals surface area contributed by atoms with E-state index in [4.69, 9.17) is 4.74 Å². The first kappa shape index (κ1) is 27.7. The number of hydrogen-bond acceptors (Lipinski definition) is 4. The van der Waals surface area contributed by atoms with E-state index in [1.807, 2.05) is 0 Å². The third-order valence-corrected chi connectivity index (χ3v) is 6.09. The van der Waals surface area contributed by atoms with E-state index in [1.165, 1.54) is 24.3 Å². The lowest BCUT2D eigenvalue weighted by Gasteiger charge is -2.43. The fourth-order valence-corrected chi connectivity index (χ4v) is 4.37. The van der Waals surface area contributed by atoms with Gasteiger partial charge in [0.05, 0.1) is 18.3 Å². The molecule has 1 N–H and O–H groups in total. The Hall–Kier alpha value is -3.35. The Morgan fingerprint density at radius 3 is 2.37 bits per heavy atom. The largest absolute Gasteiger partial charge is 0.489 e. The number of β-amino-alcohol motifs (C(OH)–C–C–N with tert-alkyl or cyclic N) is 1. The van der Waals surface area contributed by atoms with Gasteiger partial charge >= 0.3 is 18.7 Å². The maximum atomic E-state index is 13.9. The molecule has 0 saturated heterocycles. The summed E-state index contributed by atoms with van der Waals surface area (Å²) in [6.07, 6.45) is -13.2. The van der Waals surface area contributed by atoms with Crippen LogP contribution in [0.4, 0.5) is 45.2 Å². The SMILES string of the molecule is O[C@H](CN1c2cccc(-c3cc(F)cc(F)c3)c2OCC1[C@@H]1C=C(OC(F)(F)C(F)F)C=CC1)C(F)(F)F. The number of hydrogen-bond donors (Lipinski definition) is 1. The van der Waals surface area contributed by atoms with Crippen LogP contribution in [0.15, 0.2) is 60.4 Å². The predicted octanol–water partition coefficient (Wildman–Crippen LogP) is 6.46. The highest BCUT2D eigenvalue weighted by molar-refractivity contribution is 5.80. The number of halogens is 9. The highest BCUT2D eigenvalue weighted by Crippen LogP contribution is 2.45. The standard InChI is InChI=1S/C25H20F9NO3/c26-15-7-14(8-16(27)10-15)18-5-2-6-19-22(18)37-12-20(35(19)11-21(36)24(30,31)32)13-3-1-4-17(9-13)38-25(33,34)23(28)29/h1-2,4-10,13,20-21,23,36H,3,11-12H2/t13-,20?,21+/m0/s1. The van der Waals surface area contributed by atoms with Gasteiger partial charge in [-0.3, -0.25) is 0 Å². The van der Waals surface area contributed by atoms with Gasteiger partial charge < -0.3 is 19.5 Å². The lowest BCUT2D eigenvalue weighted by Crippen LogP contribution is -2.52. The molecule has 2 aliphatic rings. The zero-order valence-corrected chi connectivity index (χ0v) is 19.2. The smallest absolute Gasteiger partial charge is 0.461 e. The third kappa shape index (κ3) is 5.87. The molecule has 0 saturated carbocycles. The molecule has 1 aliphatic carbocycles. The highest BCUT2D eigenvalue weighted by Gasteiger charge is 2.46. The second kappa shape index (κ2) is 10.4. The van der Waals surface area contributed by atoms with Gasteiger partial charge in [0.15, 0.2) is 11.9 Å². The molecular weight excluding hydrogens is 533 g/mol. The zero-order chi connectivity index (χ0) is 27.8. The van der Waals surface area contributed by atoms with Gasteiger partial charge in [-0.1, -0.05) is 18.2 Å². The Bertz CT molecular complexity index is 1210. The van der Waals surface area contributed by atoms with Crippen LogP contribution < -0.4 is 9.64 Å². The molecule has 0 bridgehead atoms. The monoisotopic (exact) mass is 553 g/mol. The number of alkyl halides is 7. The molecule has 3 atom stereocenters. The number of rotatable bonds is 7. The molecule has 13 heteroatoms. The molecule has 206 valence electrons. The van der Waals surface area contributed by atoms with Crippen molar-refractivity contribution in [1.29, 1.82) is 0 Å². The van der Waals surface area contributed by atoms with Crippen LogP contribution in [0.5, 0.6) is 5.75 Å². The van der Waals surface area contributed by atoms with Crippen LogP contribution in [0.3, 0.4) is 0 Å². The van der Waals surface area contributed by atoms with E-state index < -0.39 is 60.7 Å².